The molecule has 0 fully saturated rings. The summed E-state index contributed by atoms with van der Waals surface area (Å²) < 4.78 is 29.0. The number of aromatic nitrogens is 1. The molecule has 1 N–H and O–H groups in total. The Hall–Kier alpha value is -1.92. The molecule has 2 aromatic carbocycles. The first-order valence-electron chi connectivity index (χ1n) is 7.02. The number of nitrogens with one attached hydrogen (secondary N) is 1. The number of hydrogen-bond acceptors (Lipinski definition) is 3. The van der Waals surface area contributed by atoms with Gasteiger partial charge in [0.25, 0.3) is 10.0 Å². The Kier molecular flexibility index (Phi) is 4.12. The summed E-state index contributed by atoms with van der Waals surface area (Å²) >= 11 is 3.39. The average molecular weight is 391 g/mol. The Morgan fingerprint density at radius 1 is 1.04 bits per heavy atom. The number of pyridine rings is 1. The number of para-hydroxylation sites is 1. The molecule has 0 aliphatic carbocycles. The van der Waals surface area contributed by atoms with Crippen molar-refractivity contribution in [1.82, 2.24) is 4.98 Å². The zero-order chi connectivity index (χ0) is 16.6. The van der Waals surface area contributed by atoms with Crippen molar-refractivity contribution in [2.45, 2.75) is 18.7 Å². The van der Waals surface area contributed by atoms with Crippen LogP contribution < -0.4 is 4.72 Å². The lowest BCUT2D eigenvalue weighted by molar-refractivity contribution is 0.600. The number of benzene rings is 2. The molecule has 0 radical (unpaired) electrons. The first-order valence-corrected chi connectivity index (χ1v) is 9.29. The Balaban J connectivity index is 2.09. The van der Waals surface area contributed by atoms with E-state index in [0.717, 1.165) is 15.4 Å². The lowest BCUT2D eigenvalue weighted by Crippen LogP contribution is -2.15. The van der Waals surface area contributed by atoms with Gasteiger partial charge in [0.05, 0.1) is 16.1 Å². The summed E-state index contributed by atoms with van der Waals surface area (Å²) in [6.45, 7) is 3.71. The van der Waals surface area contributed by atoms with Crippen LogP contribution >= 0.6 is 15.9 Å². The molecule has 118 valence electrons. The third kappa shape index (κ3) is 3.09. The highest BCUT2D eigenvalue weighted by Crippen LogP contribution is 2.28. The van der Waals surface area contributed by atoms with Gasteiger partial charge in [-0.05, 0) is 43.2 Å². The van der Waals surface area contributed by atoms with Crippen LogP contribution in [0.4, 0.5) is 5.69 Å². The van der Waals surface area contributed by atoms with E-state index in [2.05, 4.69) is 25.6 Å². The van der Waals surface area contributed by atoms with Gasteiger partial charge >= 0.3 is 0 Å². The molecule has 0 unspecified atom stereocenters. The minimum atomic E-state index is -3.69. The van der Waals surface area contributed by atoms with E-state index < -0.39 is 10.0 Å². The molecule has 1 aromatic heterocycles. The van der Waals surface area contributed by atoms with Gasteiger partial charge in [0.15, 0.2) is 0 Å². The number of nitrogens with zero attached hydrogens (tertiary/aromatic N) is 1. The van der Waals surface area contributed by atoms with Gasteiger partial charge < -0.3 is 0 Å². The van der Waals surface area contributed by atoms with Crippen molar-refractivity contribution in [3.8, 4) is 0 Å². The smallest absolute Gasteiger partial charge is 0.262 e. The molecule has 0 saturated carbocycles. The number of sulfonamides is 1. The molecule has 3 rings (SSSR count). The molecule has 0 spiro atoms. The van der Waals surface area contributed by atoms with E-state index in [1.165, 1.54) is 0 Å². The van der Waals surface area contributed by atoms with Crippen molar-refractivity contribution in [2.75, 3.05) is 4.72 Å². The number of aryl methyl sites for hydroxylation is 2. The molecule has 1 heterocycles. The van der Waals surface area contributed by atoms with Gasteiger partial charge in [-0.25, -0.2) is 8.42 Å². The summed E-state index contributed by atoms with van der Waals surface area (Å²) in [7, 11) is -3.69. The number of halogens is 1. The van der Waals surface area contributed by atoms with E-state index in [9.17, 15) is 8.42 Å². The van der Waals surface area contributed by atoms with Gasteiger partial charge in [-0.3, -0.25) is 9.71 Å². The topological polar surface area (TPSA) is 59.1 Å². The molecule has 0 atom stereocenters. The second-order valence-electron chi connectivity index (χ2n) is 5.35. The van der Waals surface area contributed by atoms with Crippen molar-refractivity contribution in [3.63, 3.8) is 0 Å². The van der Waals surface area contributed by atoms with Crippen LogP contribution in [0.5, 0.6) is 0 Å². The SMILES string of the molecule is Cc1cc(C)c(S(=O)(=O)Nc2cccc3cccnc23)cc1Br. The largest absolute Gasteiger partial charge is 0.277 e. The first-order chi connectivity index (χ1) is 10.9. The zero-order valence-electron chi connectivity index (χ0n) is 12.7. The molecule has 0 amide bonds. The van der Waals surface area contributed by atoms with E-state index in [1.807, 2.05) is 31.2 Å². The minimum Gasteiger partial charge on any atom is -0.277 e. The predicted molar refractivity (Wildman–Crippen MR) is 96.2 cm³/mol. The van der Waals surface area contributed by atoms with E-state index in [1.54, 1.807) is 31.3 Å². The van der Waals surface area contributed by atoms with E-state index in [-0.39, 0.29) is 4.90 Å². The Labute approximate surface area is 143 Å². The Morgan fingerprint density at radius 2 is 1.78 bits per heavy atom. The fraction of sp³-hybridized carbons (Fsp3) is 0.118. The molecule has 0 aliphatic rings. The van der Waals surface area contributed by atoms with E-state index in [0.29, 0.717) is 16.8 Å². The number of anilines is 1. The zero-order valence-corrected chi connectivity index (χ0v) is 15.1. The second kappa shape index (κ2) is 5.94. The first kappa shape index (κ1) is 16.0. The average Bonchev–Trinajstić information content (AvgIpc) is 2.51. The fourth-order valence-electron chi connectivity index (χ4n) is 2.48. The number of hydrogen-bond donors (Lipinski definition) is 1. The Morgan fingerprint density at radius 3 is 2.57 bits per heavy atom. The van der Waals surface area contributed by atoms with Crippen LogP contribution in [0.25, 0.3) is 10.9 Å². The van der Waals surface area contributed by atoms with Crippen LogP contribution in [-0.4, -0.2) is 13.4 Å². The highest BCUT2D eigenvalue weighted by molar-refractivity contribution is 9.10. The van der Waals surface area contributed by atoms with Crippen LogP contribution in [0.2, 0.25) is 0 Å². The normalized spacial score (nSPS) is 11.6. The highest BCUT2D eigenvalue weighted by Gasteiger charge is 2.19. The molecule has 0 bridgehead atoms. The van der Waals surface area contributed by atoms with Crippen molar-refractivity contribution >= 4 is 42.5 Å². The van der Waals surface area contributed by atoms with Gasteiger partial charge in [0, 0.05) is 16.1 Å². The summed E-state index contributed by atoms with van der Waals surface area (Å²) in [5, 5.41) is 0.884. The summed E-state index contributed by atoms with van der Waals surface area (Å²) in [4.78, 5) is 4.53. The summed E-state index contributed by atoms with van der Waals surface area (Å²) in [5.74, 6) is 0. The van der Waals surface area contributed by atoms with Gasteiger partial charge in [0.2, 0.25) is 0 Å². The van der Waals surface area contributed by atoms with E-state index >= 15 is 0 Å². The number of rotatable bonds is 3. The van der Waals surface area contributed by atoms with Gasteiger partial charge in [-0.15, -0.1) is 0 Å². The standard InChI is InChI=1S/C17H15BrN2O2S/c1-11-9-12(2)16(10-14(11)18)23(21,22)20-15-7-3-5-13-6-4-8-19-17(13)15/h3-10,20H,1-2H3. The molecule has 3 aromatic rings. The van der Waals surface area contributed by atoms with Crippen LogP contribution in [0, 0.1) is 13.8 Å². The Bertz CT molecular complexity index is 995. The molecule has 0 aliphatic heterocycles. The predicted octanol–water partition coefficient (Wildman–Crippen LogP) is 4.41. The van der Waals surface area contributed by atoms with Crippen LogP contribution in [0.15, 0.2) is 58.0 Å². The monoisotopic (exact) mass is 390 g/mol. The lowest BCUT2D eigenvalue weighted by atomic mass is 10.2. The van der Waals surface area contributed by atoms with Crippen molar-refractivity contribution in [1.29, 1.82) is 0 Å². The maximum atomic E-state index is 12.8. The van der Waals surface area contributed by atoms with Crippen molar-refractivity contribution in [3.05, 3.63) is 64.3 Å². The summed E-state index contributed by atoms with van der Waals surface area (Å²) in [6.07, 6.45) is 1.65. The van der Waals surface area contributed by atoms with Crippen molar-refractivity contribution < 1.29 is 8.42 Å². The molecule has 6 heteroatoms. The van der Waals surface area contributed by atoms with Crippen molar-refractivity contribution in [2.24, 2.45) is 0 Å². The van der Waals surface area contributed by atoms with Gasteiger partial charge in [-0.1, -0.05) is 40.2 Å². The fourth-order valence-corrected chi connectivity index (χ4v) is 4.30. The number of fused-ring (bicyclic) bond motifs is 1. The second-order valence-corrected chi connectivity index (χ2v) is 7.86. The maximum Gasteiger partial charge on any atom is 0.262 e. The molecular weight excluding hydrogens is 376 g/mol. The van der Waals surface area contributed by atoms with Crippen LogP contribution in [-0.2, 0) is 10.0 Å². The summed E-state index contributed by atoms with van der Waals surface area (Å²) in [6, 6.07) is 12.6. The summed E-state index contributed by atoms with van der Waals surface area (Å²) in [5.41, 5.74) is 2.79. The van der Waals surface area contributed by atoms with Gasteiger partial charge in [0.1, 0.15) is 0 Å². The van der Waals surface area contributed by atoms with E-state index in [4.69, 9.17) is 0 Å². The molecule has 23 heavy (non-hydrogen) atoms. The van der Waals surface area contributed by atoms with Gasteiger partial charge in [-0.2, -0.15) is 0 Å². The molecule has 0 saturated heterocycles. The quantitative estimate of drug-likeness (QED) is 0.719. The minimum absolute atomic E-state index is 0.253. The third-order valence-corrected chi connectivity index (χ3v) is 5.98. The third-order valence-electron chi connectivity index (χ3n) is 3.62. The highest BCUT2D eigenvalue weighted by atomic mass is 79.9. The molecule has 4 nitrogen and oxygen atoms in total. The van der Waals surface area contributed by atoms with Crippen LogP contribution in [0.3, 0.4) is 0 Å². The van der Waals surface area contributed by atoms with Crippen LogP contribution in [0.1, 0.15) is 11.1 Å². The molecular formula is C17H15BrN2O2S. The maximum absolute atomic E-state index is 12.8. The lowest BCUT2D eigenvalue weighted by Gasteiger charge is -2.13.